The van der Waals surface area contributed by atoms with Gasteiger partial charge in [0.2, 0.25) is 0 Å². The van der Waals surface area contributed by atoms with Crippen molar-refractivity contribution in [3.05, 3.63) is 47.9 Å². The van der Waals surface area contributed by atoms with E-state index in [2.05, 4.69) is 20.7 Å². The molecule has 0 radical (unpaired) electrons. The van der Waals surface area contributed by atoms with Gasteiger partial charge in [-0.25, -0.2) is 14.8 Å². The number of carbonyl (C=O) groups excluding carboxylic acids is 2. The molecule has 1 aromatic carbocycles. The van der Waals surface area contributed by atoms with Crippen molar-refractivity contribution in [1.82, 2.24) is 19.9 Å². The molecule has 2 unspecified atom stereocenters. The number of nitrogens with zero attached hydrogens (tertiary/aromatic N) is 4. The van der Waals surface area contributed by atoms with Crippen molar-refractivity contribution in [3.63, 3.8) is 0 Å². The first kappa shape index (κ1) is 29.7. The fourth-order valence-electron chi connectivity index (χ4n) is 6.46. The molecule has 0 saturated carbocycles. The molecular weight excluding hydrogens is 556 g/mol. The molecule has 43 heavy (non-hydrogen) atoms. The van der Waals surface area contributed by atoms with Gasteiger partial charge in [0.25, 0.3) is 5.91 Å². The molecule has 1 aromatic heterocycles. The van der Waals surface area contributed by atoms with E-state index in [1.54, 1.807) is 45.0 Å². The minimum absolute atomic E-state index is 0.295. The Morgan fingerprint density at radius 1 is 1.14 bits per heavy atom. The van der Waals surface area contributed by atoms with Gasteiger partial charge in [0, 0.05) is 12.2 Å². The molecule has 0 bridgehead atoms. The number of aliphatic hydroxyl groups is 1. The van der Waals surface area contributed by atoms with E-state index in [-0.39, 0.29) is 18.7 Å². The molecule has 5 heterocycles. The maximum atomic E-state index is 13.9. The Bertz CT molecular complexity index is 1350. The lowest BCUT2D eigenvalue weighted by molar-refractivity contribution is -0.176. The van der Waals surface area contributed by atoms with Crippen molar-refractivity contribution >= 4 is 23.5 Å². The highest BCUT2D eigenvalue weighted by molar-refractivity contribution is 6.05. The zero-order valence-corrected chi connectivity index (χ0v) is 25.1. The lowest BCUT2D eigenvalue weighted by Gasteiger charge is -2.42. The third kappa shape index (κ3) is 5.67. The summed E-state index contributed by atoms with van der Waals surface area (Å²) in [5.41, 5.74) is 4.18. The van der Waals surface area contributed by atoms with E-state index in [4.69, 9.17) is 18.9 Å². The van der Waals surface area contributed by atoms with Crippen molar-refractivity contribution in [2.24, 2.45) is 0 Å². The summed E-state index contributed by atoms with van der Waals surface area (Å²) >= 11 is 0. The second-order valence-electron chi connectivity index (χ2n) is 12.8. The predicted octanol–water partition coefficient (Wildman–Crippen LogP) is 3.44. The average molecular weight is 597 g/mol. The summed E-state index contributed by atoms with van der Waals surface area (Å²) in [5, 5.41) is 15.5. The van der Waals surface area contributed by atoms with E-state index in [1.807, 2.05) is 24.9 Å². The maximum Gasteiger partial charge on any atom is 0.411 e. The second-order valence-corrected chi connectivity index (χ2v) is 12.8. The topological polar surface area (TPSA) is 148 Å². The van der Waals surface area contributed by atoms with Gasteiger partial charge in [-0.15, -0.1) is 0 Å². The van der Waals surface area contributed by atoms with Crippen LogP contribution in [0, 0.1) is 0 Å². The standard InChI is InChI=1S/C30H40N6O7/c1-29(2,3)43-28(39)35-18(15-37)24-25(42-30(4,5)41-24)23(35)22-20-21(34-36(22)19-13-9-10-14-40-19)26(32-16-31-20)33-27(38)17-11-7-6-8-12-17/h6-8,11-12,16,18-19,22-25,34,37H,9-10,13-15H2,1-5H3,(H,31,32,33,38)/t18-,19?,22?,23+,24-,25+/m1/s1. The Hall–Kier alpha value is -3.36. The Kier molecular flexibility index (Phi) is 7.80. The molecule has 13 heteroatoms. The Morgan fingerprint density at radius 3 is 2.56 bits per heavy atom. The fraction of sp³-hybridized carbons (Fsp3) is 0.600. The van der Waals surface area contributed by atoms with Crippen molar-refractivity contribution in [2.75, 3.05) is 24.0 Å². The number of nitrogens with one attached hydrogen (secondary N) is 2. The van der Waals surface area contributed by atoms with Gasteiger partial charge in [-0.3, -0.25) is 9.69 Å². The number of amides is 2. The highest BCUT2D eigenvalue weighted by atomic mass is 16.8. The van der Waals surface area contributed by atoms with Crippen LogP contribution in [-0.2, 0) is 18.9 Å². The van der Waals surface area contributed by atoms with Crippen LogP contribution < -0.4 is 10.7 Å². The number of aliphatic hydroxyl groups excluding tert-OH is 1. The number of hydrogen-bond donors (Lipinski definition) is 3. The number of aromatic nitrogens is 2. The number of likely N-dealkylation sites (tertiary alicyclic amines) is 1. The average Bonchev–Trinajstić information content (AvgIpc) is 3.59. The molecule has 13 nitrogen and oxygen atoms in total. The predicted molar refractivity (Wildman–Crippen MR) is 155 cm³/mol. The second kappa shape index (κ2) is 11.3. The van der Waals surface area contributed by atoms with Crippen molar-refractivity contribution in [2.45, 2.75) is 102 Å². The van der Waals surface area contributed by atoms with Crippen molar-refractivity contribution < 1.29 is 33.6 Å². The van der Waals surface area contributed by atoms with Crippen LogP contribution in [0.25, 0.3) is 0 Å². The van der Waals surface area contributed by atoms with E-state index >= 15 is 0 Å². The number of hydrazine groups is 1. The van der Waals surface area contributed by atoms with E-state index in [0.717, 1.165) is 19.3 Å². The molecule has 4 aliphatic rings. The molecule has 3 N–H and O–H groups in total. The molecule has 6 atom stereocenters. The van der Waals surface area contributed by atoms with Crippen LogP contribution in [-0.4, -0.2) is 92.1 Å². The van der Waals surface area contributed by atoms with Gasteiger partial charge in [-0.2, -0.15) is 5.01 Å². The normalized spacial score (nSPS) is 30.0. The first-order valence-electron chi connectivity index (χ1n) is 14.8. The van der Waals surface area contributed by atoms with Gasteiger partial charge >= 0.3 is 6.09 Å². The number of fused-ring (bicyclic) bond motifs is 2. The number of anilines is 2. The molecule has 6 rings (SSSR count). The maximum absolute atomic E-state index is 13.9. The zero-order valence-electron chi connectivity index (χ0n) is 25.1. The fourth-order valence-corrected chi connectivity index (χ4v) is 6.46. The number of benzene rings is 1. The Morgan fingerprint density at radius 2 is 1.88 bits per heavy atom. The molecule has 4 aliphatic heterocycles. The Labute approximate surface area is 250 Å². The molecule has 3 saturated heterocycles. The van der Waals surface area contributed by atoms with Gasteiger partial charge in [0.1, 0.15) is 36.1 Å². The first-order chi connectivity index (χ1) is 20.5. The van der Waals surface area contributed by atoms with Crippen molar-refractivity contribution in [3.8, 4) is 0 Å². The van der Waals surface area contributed by atoms with Gasteiger partial charge in [-0.05, 0) is 66.0 Å². The van der Waals surface area contributed by atoms with Crippen LogP contribution in [0.4, 0.5) is 16.3 Å². The SMILES string of the molecule is CC(C)(C)OC(=O)N1[C@H](CO)[C@H]2OC(C)(C)O[C@H]2[C@@H]1C1c2ncnc(NC(=O)c3ccccc3)c2NN1C1CCCCO1. The van der Waals surface area contributed by atoms with E-state index in [0.29, 0.717) is 29.4 Å². The zero-order chi connectivity index (χ0) is 30.5. The summed E-state index contributed by atoms with van der Waals surface area (Å²) in [6.07, 6.45) is 1.81. The summed E-state index contributed by atoms with van der Waals surface area (Å²) < 4.78 is 24.8. The lowest BCUT2D eigenvalue weighted by atomic mass is 9.97. The van der Waals surface area contributed by atoms with Gasteiger partial charge in [-0.1, -0.05) is 18.2 Å². The summed E-state index contributed by atoms with van der Waals surface area (Å²) in [6.45, 7) is 9.24. The summed E-state index contributed by atoms with van der Waals surface area (Å²) in [5.74, 6) is -0.968. The lowest BCUT2D eigenvalue weighted by Crippen LogP contribution is -2.55. The number of rotatable bonds is 5. The molecule has 0 aliphatic carbocycles. The van der Waals surface area contributed by atoms with Gasteiger partial charge in [0.05, 0.1) is 30.4 Å². The van der Waals surface area contributed by atoms with E-state index < -0.39 is 47.8 Å². The summed E-state index contributed by atoms with van der Waals surface area (Å²) in [6, 6.07) is 6.81. The van der Waals surface area contributed by atoms with E-state index in [9.17, 15) is 14.7 Å². The van der Waals surface area contributed by atoms with Gasteiger partial charge < -0.3 is 34.8 Å². The van der Waals surface area contributed by atoms with E-state index in [1.165, 1.54) is 11.2 Å². The van der Waals surface area contributed by atoms with Crippen LogP contribution in [0.5, 0.6) is 0 Å². The van der Waals surface area contributed by atoms with Crippen LogP contribution in [0.3, 0.4) is 0 Å². The third-order valence-corrected chi connectivity index (χ3v) is 8.10. The molecule has 3 fully saturated rings. The monoisotopic (exact) mass is 596 g/mol. The highest BCUT2D eigenvalue weighted by Gasteiger charge is 2.64. The summed E-state index contributed by atoms with van der Waals surface area (Å²) in [7, 11) is 0. The molecule has 2 aromatic rings. The largest absolute Gasteiger partial charge is 0.444 e. The third-order valence-electron chi connectivity index (χ3n) is 8.10. The molecule has 232 valence electrons. The van der Waals surface area contributed by atoms with Crippen LogP contribution in [0.2, 0.25) is 0 Å². The molecule has 0 spiro atoms. The number of hydrogen-bond acceptors (Lipinski definition) is 11. The summed E-state index contributed by atoms with van der Waals surface area (Å²) in [4.78, 5) is 37.6. The number of ether oxygens (including phenoxy) is 4. The van der Waals surface area contributed by atoms with Crippen LogP contribution >= 0.6 is 0 Å². The van der Waals surface area contributed by atoms with Crippen molar-refractivity contribution in [1.29, 1.82) is 0 Å². The van der Waals surface area contributed by atoms with Crippen LogP contribution in [0.1, 0.15) is 76.0 Å². The highest BCUT2D eigenvalue weighted by Crippen LogP contribution is 2.51. The minimum atomic E-state index is -0.942. The molecular formula is C30H40N6O7. The quantitative estimate of drug-likeness (QED) is 0.466. The minimum Gasteiger partial charge on any atom is -0.444 e. The number of carbonyl (C=O) groups is 2. The van der Waals surface area contributed by atoms with Crippen LogP contribution in [0.15, 0.2) is 36.7 Å². The first-order valence-corrected chi connectivity index (χ1v) is 14.8. The molecule has 2 amide bonds. The van der Waals surface area contributed by atoms with Gasteiger partial charge in [0.15, 0.2) is 11.6 Å². The smallest absolute Gasteiger partial charge is 0.411 e. The Balaban J connectivity index is 1.44.